The zero-order valence-electron chi connectivity index (χ0n) is 19.9. The Morgan fingerprint density at radius 3 is 3.00 bits per heavy atom. The molecule has 186 valence electrons. The molecule has 0 saturated carbocycles. The van der Waals surface area contributed by atoms with E-state index >= 15 is 0 Å². The van der Waals surface area contributed by atoms with E-state index in [4.69, 9.17) is 13.6 Å². The van der Waals surface area contributed by atoms with Gasteiger partial charge in [0.25, 0.3) is 0 Å². The number of thiophene rings is 1. The minimum atomic E-state index is -0.0777. The van der Waals surface area contributed by atoms with Gasteiger partial charge >= 0.3 is 0 Å². The molecule has 0 unspecified atom stereocenters. The molecular weight excluding hydrogens is 492 g/mol. The molecule has 0 bridgehead atoms. The van der Waals surface area contributed by atoms with Crippen LogP contribution < -0.4 is 4.74 Å². The number of rotatable bonds is 7. The van der Waals surface area contributed by atoms with Gasteiger partial charge in [-0.2, -0.15) is 5.21 Å². The van der Waals surface area contributed by atoms with Gasteiger partial charge in [-0.25, -0.2) is 4.98 Å². The number of amides is 1. The second-order valence-corrected chi connectivity index (χ2v) is 9.45. The van der Waals surface area contributed by atoms with Gasteiger partial charge in [-0.3, -0.25) is 4.79 Å². The molecule has 0 atom stereocenters. The van der Waals surface area contributed by atoms with Crippen molar-refractivity contribution in [3.63, 3.8) is 0 Å². The van der Waals surface area contributed by atoms with E-state index in [1.165, 1.54) is 6.08 Å². The van der Waals surface area contributed by atoms with Gasteiger partial charge in [-0.15, -0.1) is 21.5 Å². The van der Waals surface area contributed by atoms with Gasteiger partial charge in [-0.05, 0) is 71.5 Å². The fraction of sp³-hybridized carbons (Fsp3) is 0.192. The first-order valence-electron chi connectivity index (χ1n) is 11.7. The molecule has 10 nitrogen and oxygen atoms in total. The normalized spacial score (nSPS) is 13.3. The van der Waals surface area contributed by atoms with Gasteiger partial charge in [0.1, 0.15) is 29.6 Å². The second-order valence-electron chi connectivity index (χ2n) is 8.50. The first-order valence-corrected chi connectivity index (χ1v) is 12.5. The van der Waals surface area contributed by atoms with Crippen LogP contribution in [0.4, 0.5) is 0 Å². The molecule has 5 heterocycles. The monoisotopic (exact) mass is 514 g/mol. The molecular formula is C26H22N6O4S. The van der Waals surface area contributed by atoms with E-state index < -0.39 is 0 Å². The quantitative estimate of drug-likeness (QED) is 0.311. The number of nitrogens with zero attached hydrogens (tertiary/aromatic N) is 5. The lowest BCUT2D eigenvalue weighted by atomic mass is 9.96. The molecule has 1 N–H and O–H groups in total. The summed E-state index contributed by atoms with van der Waals surface area (Å²) in [5.41, 5.74) is 3.55. The first kappa shape index (κ1) is 22.9. The van der Waals surface area contributed by atoms with Gasteiger partial charge < -0.3 is 18.5 Å². The van der Waals surface area contributed by atoms with Crippen LogP contribution in [0.1, 0.15) is 28.3 Å². The third-order valence-electron chi connectivity index (χ3n) is 6.13. The molecule has 1 aromatic carbocycles. The van der Waals surface area contributed by atoms with Crippen molar-refractivity contribution < 1.29 is 18.4 Å². The molecule has 11 heteroatoms. The van der Waals surface area contributed by atoms with E-state index in [0.29, 0.717) is 54.2 Å². The van der Waals surface area contributed by atoms with Crippen LogP contribution in [0.5, 0.6) is 5.75 Å². The third kappa shape index (κ3) is 4.81. The maximum absolute atomic E-state index is 12.8. The number of fused-ring (bicyclic) bond motifs is 1. The SMILES string of the molecule is Cc1oc(-c2cccs2)nc1COc1cc2c(cc1-c1nn[nH]n1)CCN(C(=O)/C=C/c1ccco1)C2. The predicted molar refractivity (Wildman–Crippen MR) is 135 cm³/mol. The van der Waals surface area contributed by atoms with E-state index in [2.05, 4.69) is 25.6 Å². The molecule has 0 saturated heterocycles. The number of aryl methyl sites for hydroxylation is 1. The molecule has 4 aromatic heterocycles. The van der Waals surface area contributed by atoms with Gasteiger partial charge in [0, 0.05) is 19.2 Å². The van der Waals surface area contributed by atoms with Gasteiger partial charge in [0.05, 0.1) is 16.7 Å². The van der Waals surface area contributed by atoms with Crippen LogP contribution in [0.15, 0.2) is 63.0 Å². The van der Waals surface area contributed by atoms with Crippen LogP contribution >= 0.6 is 11.3 Å². The molecule has 0 radical (unpaired) electrons. The number of hydrogen-bond donors (Lipinski definition) is 1. The summed E-state index contributed by atoms with van der Waals surface area (Å²) in [5, 5.41) is 16.5. The number of oxazole rings is 1. The molecule has 1 amide bonds. The Morgan fingerprint density at radius 2 is 2.22 bits per heavy atom. The maximum atomic E-state index is 12.8. The molecule has 0 fully saturated rings. The number of hydrogen-bond acceptors (Lipinski definition) is 9. The molecule has 37 heavy (non-hydrogen) atoms. The van der Waals surface area contributed by atoms with Crippen molar-refractivity contribution in [3.8, 4) is 27.9 Å². The molecule has 0 spiro atoms. The molecule has 1 aliphatic heterocycles. The summed E-state index contributed by atoms with van der Waals surface area (Å²) in [6, 6.07) is 11.5. The summed E-state index contributed by atoms with van der Waals surface area (Å²) in [4.78, 5) is 20.2. The summed E-state index contributed by atoms with van der Waals surface area (Å²) in [7, 11) is 0. The molecule has 5 aromatic rings. The average molecular weight is 515 g/mol. The number of aromatic amines is 1. The highest BCUT2D eigenvalue weighted by Gasteiger charge is 2.24. The first-order chi connectivity index (χ1) is 18.1. The van der Waals surface area contributed by atoms with Crippen molar-refractivity contribution in [2.45, 2.75) is 26.5 Å². The standard InChI is InChI=1S/C26H22N6O4S/c1-16-21(27-26(36-16)23-5-3-11-37-23)15-35-22-13-18-14-32(24(33)7-6-19-4-2-10-34-19)9-8-17(18)12-20(22)25-28-30-31-29-25/h2-7,10-13H,8-9,14-15H2,1H3,(H,28,29,30,31)/b7-6+. The van der Waals surface area contributed by atoms with E-state index in [-0.39, 0.29) is 12.5 Å². The summed E-state index contributed by atoms with van der Waals surface area (Å²) in [5.74, 6) is 2.85. The van der Waals surface area contributed by atoms with E-state index in [0.717, 1.165) is 21.6 Å². The molecule has 0 aliphatic carbocycles. The van der Waals surface area contributed by atoms with E-state index in [1.54, 1.807) is 40.7 Å². The zero-order chi connectivity index (χ0) is 25.2. The van der Waals surface area contributed by atoms with E-state index in [9.17, 15) is 4.79 Å². The lowest BCUT2D eigenvalue weighted by molar-refractivity contribution is -0.126. The number of benzene rings is 1. The summed E-state index contributed by atoms with van der Waals surface area (Å²) in [6.45, 7) is 3.14. The van der Waals surface area contributed by atoms with Crippen LogP contribution in [-0.4, -0.2) is 43.0 Å². The molecule has 6 rings (SSSR count). The highest BCUT2D eigenvalue weighted by Crippen LogP contribution is 2.34. The number of carbonyl (C=O) groups is 1. The highest BCUT2D eigenvalue weighted by molar-refractivity contribution is 7.13. The van der Waals surface area contributed by atoms with Crippen molar-refractivity contribution >= 4 is 23.3 Å². The van der Waals surface area contributed by atoms with Crippen LogP contribution in [0, 0.1) is 6.92 Å². The summed E-state index contributed by atoms with van der Waals surface area (Å²) in [6.07, 6.45) is 5.49. The van der Waals surface area contributed by atoms with Crippen LogP contribution in [0.3, 0.4) is 0 Å². The Hall–Kier alpha value is -4.51. The predicted octanol–water partition coefficient (Wildman–Crippen LogP) is 4.66. The highest BCUT2D eigenvalue weighted by atomic mass is 32.1. The topological polar surface area (TPSA) is 123 Å². The number of nitrogens with one attached hydrogen (secondary N) is 1. The second kappa shape index (κ2) is 9.86. The van der Waals surface area contributed by atoms with Gasteiger partial charge in [-0.1, -0.05) is 6.07 Å². The minimum absolute atomic E-state index is 0.0777. The fourth-order valence-electron chi connectivity index (χ4n) is 4.20. The van der Waals surface area contributed by atoms with Gasteiger partial charge in [0.15, 0.2) is 0 Å². The number of furan rings is 1. The van der Waals surface area contributed by atoms with Gasteiger partial charge in [0.2, 0.25) is 17.6 Å². The summed E-state index contributed by atoms with van der Waals surface area (Å²) >= 11 is 1.57. The van der Waals surface area contributed by atoms with Crippen molar-refractivity contribution in [1.29, 1.82) is 0 Å². The lowest BCUT2D eigenvalue weighted by Crippen LogP contribution is -2.34. The number of ether oxygens (including phenoxy) is 1. The Labute approximate surface area is 215 Å². The summed E-state index contributed by atoms with van der Waals surface area (Å²) < 4.78 is 17.4. The molecule has 1 aliphatic rings. The van der Waals surface area contributed by atoms with Crippen LogP contribution in [0.2, 0.25) is 0 Å². The van der Waals surface area contributed by atoms with Crippen molar-refractivity contribution in [1.82, 2.24) is 30.5 Å². The smallest absolute Gasteiger partial charge is 0.246 e. The zero-order valence-corrected chi connectivity index (χ0v) is 20.7. The van der Waals surface area contributed by atoms with E-state index in [1.807, 2.05) is 36.6 Å². The lowest BCUT2D eigenvalue weighted by Gasteiger charge is -2.29. The van der Waals surface area contributed by atoms with Crippen LogP contribution in [0.25, 0.3) is 28.2 Å². The van der Waals surface area contributed by atoms with Crippen LogP contribution in [-0.2, 0) is 24.4 Å². The Morgan fingerprint density at radius 1 is 1.27 bits per heavy atom. The van der Waals surface area contributed by atoms with Crippen molar-refractivity contribution in [2.24, 2.45) is 0 Å². The third-order valence-corrected chi connectivity index (χ3v) is 6.99. The number of H-pyrrole nitrogens is 1. The number of carbonyl (C=O) groups excluding carboxylic acids is 1. The Bertz CT molecular complexity index is 1540. The Balaban J connectivity index is 1.25. The van der Waals surface area contributed by atoms with Crippen molar-refractivity contribution in [3.05, 3.63) is 82.5 Å². The maximum Gasteiger partial charge on any atom is 0.246 e. The number of tetrazole rings is 1. The largest absolute Gasteiger partial charge is 0.486 e. The minimum Gasteiger partial charge on any atom is -0.486 e. The number of aromatic nitrogens is 5. The fourth-order valence-corrected chi connectivity index (χ4v) is 4.85. The van der Waals surface area contributed by atoms with Crippen molar-refractivity contribution in [2.75, 3.05) is 6.54 Å². The average Bonchev–Trinajstić information content (AvgIpc) is 3.73. The Kier molecular flexibility index (Phi) is 6.11.